The predicted molar refractivity (Wildman–Crippen MR) is 41.7 cm³/mol. The van der Waals surface area contributed by atoms with Crippen LogP contribution in [0.25, 0.3) is 0 Å². The van der Waals surface area contributed by atoms with Gasteiger partial charge >= 0.3 is 12.3 Å². The molecule has 0 spiro atoms. The second kappa shape index (κ2) is 3.64. The Morgan fingerprint density at radius 1 is 1.43 bits per heavy atom. The first-order valence-electron chi connectivity index (χ1n) is 4.11. The van der Waals surface area contributed by atoms with Crippen LogP contribution in [0.15, 0.2) is 0 Å². The third-order valence-corrected chi connectivity index (χ3v) is 2.22. The van der Waals surface area contributed by atoms with Crippen LogP contribution >= 0.6 is 0 Å². The highest BCUT2D eigenvalue weighted by Crippen LogP contribution is 2.32. The minimum atomic E-state index is -4.37. The van der Waals surface area contributed by atoms with Crippen molar-refractivity contribution in [3.63, 3.8) is 0 Å². The van der Waals surface area contributed by atoms with Crippen LogP contribution in [-0.4, -0.2) is 41.4 Å². The van der Waals surface area contributed by atoms with E-state index in [2.05, 4.69) is 0 Å². The highest BCUT2D eigenvalue weighted by atomic mass is 19.4. The summed E-state index contributed by atoms with van der Waals surface area (Å²) in [6.45, 7) is -0.533. The van der Waals surface area contributed by atoms with Crippen molar-refractivity contribution in [3.05, 3.63) is 0 Å². The second-order valence-electron chi connectivity index (χ2n) is 3.42. The monoisotopic (exact) mass is 212 g/mol. The summed E-state index contributed by atoms with van der Waals surface area (Å²) >= 11 is 0. The Morgan fingerprint density at radius 3 is 2.43 bits per heavy atom. The highest BCUT2D eigenvalue weighted by Gasteiger charge is 2.44. The second-order valence-corrected chi connectivity index (χ2v) is 3.42. The number of piperidine rings is 1. The van der Waals surface area contributed by atoms with Gasteiger partial charge in [0.05, 0.1) is 5.92 Å². The number of amides is 1. The summed E-state index contributed by atoms with van der Waals surface area (Å²) in [5.41, 5.74) is 5.34. The van der Waals surface area contributed by atoms with Crippen LogP contribution in [0.1, 0.15) is 6.42 Å². The molecule has 2 unspecified atom stereocenters. The van der Waals surface area contributed by atoms with E-state index in [-0.39, 0.29) is 13.0 Å². The minimum absolute atomic E-state index is 0.0259. The Balaban J connectivity index is 2.68. The Hall–Kier alpha value is -0.980. The van der Waals surface area contributed by atoms with Crippen molar-refractivity contribution in [1.29, 1.82) is 0 Å². The molecule has 1 rings (SSSR count). The van der Waals surface area contributed by atoms with E-state index >= 15 is 0 Å². The maximum atomic E-state index is 12.3. The third-order valence-electron chi connectivity index (χ3n) is 2.22. The van der Waals surface area contributed by atoms with E-state index in [4.69, 9.17) is 10.8 Å². The molecule has 0 aromatic carbocycles. The standard InChI is InChI=1S/C7H11F3N2O2/c8-7(9,10)4-1-5(11)3-12(2-4)6(13)14/h4-5H,1-3,11H2,(H,13,14). The molecular formula is C7H11F3N2O2. The lowest BCUT2D eigenvalue weighted by Crippen LogP contribution is -2.52. The van der Waals surface area contributed by atoms with Crippen molar-refractivity contribution in [2.45, 2.75) is 18.6 Å². The fourth-order valence-electron chi connectivity index (χ4n) is 1.53. The SMILES string of the molecule is NC1CC(C(F)(F)F)CN(C(=O)O)C1. The lowest BCUT2D eigenvalue weighted by atomic mass is 9.94. The number of alkyl halides is 3. The van der Waals surface area contributed by atoms with Gasteiger partial charge in [0.25, 0.3) is 0 Å². The quantitative estimate of drug-likeness (QED) is 0.626. The van der Waals surface area contributed by atoms with Gasteiger partial charge in [-0.2, -0.15) is 13.2 Å². The number of halogens is 3. The normalized spacial score (nSPS) is 29.0. The van der Waals surface area contributed by atoms with Gasteiger partial charge in [-0.3, -0.25) is 0 Å². The summed E-state index contributed by atoms with van der Waals surface area (Å²) in [7, 11) is 0. The molecule has 0 aliphatic carbocycles. The molecule has 0 aromatic rings. The van der Waals surface area contributed by atoms with E-state index in [0.717, 1.165) is 0 Å². The Bertz CT molecular complexity index is 231. The van der Waals surface area contributed by atoms with Crippen molar-refractivity contribution < 1.29 is 23.1 Å². The molecule has 3 N–H and O–H groups in total. The Kier molecular flexibility index (Phi) is 2.89. The summed E-state index contributed by atoms with van der Waals surface area (Å²) in [5, 5.41) is 8.54. The lowest BCUT2D eigenvalue weighted by molar-refractivity contribution is -0.186. The van der Waals surface area contributed by atoms with Crippen molar-refractivity contribution in [2.24, 2.45) is 11.7 Å². The topological polar surface area (TPSA) is 66.6 Å². The van der Waals surface area contributed by atoms with Crippen molar-refractivity contribution in [1.82, 2.24) is 4.90 Å². The highest BCUT2D eigenvalue weighted by molar-refractivity contribution is 5.65. The molecule has 0 radical (unpaired) electrons. The Morgan fingerprint density at radius 2 is 2.00 bits per heavy atom. The number of rotatable bonds is 0. The van der Waals surface area contributed by atoms with Crippen molar-refractivity contribution in [2.75, 3.05) is 13.1 Å². The van der Waals surface area contributed by atoms with Crippen LogP contribution in [0, 0.1) is 5.92 Å². The van der Waals surface area contributed by atoms with Crippen molar-refractivity contribution in [3.8, 4) is 0 Å². The van der Waals surface area contributed by atoms with Crippen LogP contribution < -0.4 is 5.73 Å². The average Bonchev–Trinajstić information content (AvgIpc) is 2.01. The maximum Gasteiger partial charge on any atom is 0.407 e. The van der Waals surface area contributed by atoms with Gasteiger partial charge in [-0.05, 0) is 6.42 Å². The molecule has 0 bridgehead atoms. The molecule has 1 fully saturated rings. The largest absolute Gasteiger partial charge is 0.465 e. The zero-order chi connectivity index (χ0) is 10.9. The van der Waals surface area contributed by atoms with E-state index in [9.17, 15) is 18.0 Å². The third kappa shape index (κ3) is 2.50. The van der Waals surface area contributed by atoms with Crippen LogP contribution in [0.3, 0.4) is 0 Å². The first-order chi connectivity index (χ1) is 6.30. The molecule has 1 aliphatic rings. The minimum Gasteiger partial charge on any atom is -0.465 e. The van der Waals surface area contributed by atoms with Crippen LogP contribution in [0.5, 0.6) is 0 Å². The molecule has 4 nitrogen and oxygen atoms in total. The van der Waals surface area contributed by atoms with Gasteiger partial charge in [0.15, 0.2) is 0 Å². The zero-order valence-corrected chi connectivity index (χ0v) is 7.29. The van der Waals surface area contributed by atoms with Gasteiger partial charge in [-0.15, -0.1) is 0 Å². The van der Waals surface area contributed by atoms with Gasteiger partial charge in [0.2, 0.25) is 0 Å². The van der Waals surface area contributed by atoms with E-state index in [0.29, 0.717) is 4.90 Å². The molecule has 1 heterocycles. The number of nitrogens with zero attached hydrogens (tertiary/aromatic N) is 1. The average molecular weight is 212 g/mol. The Labute approximate surface area is 78.5 Å². The van der Waals surface area contributed by atoms with Gasteiger partial charge in [-0.1, -0.05) is 0 Å². The summed E-state index contributed by atoms with van der Waals surface area (Å²) in [6.07, 6.45) is -5.92. The van der Waals surface area contributed by atoms with Crippen LogP contribution in [0.4, 0.5) is 18.0 Å². The molecular weight excluding hydrogens is 201 g/mol. The maximum absolute atomic E-state index is 12.3. The number of carbonyl (C=O) groups is 1. The molecule has 82 valence electrons. The van der Waals surface area contributed by atoms with E-state index in [1.165, 1.54) is 0 Å². The summed E-state index contributed by atoms with van der Waals surface area (Å²) in [4.78, 5) is 11.2. The van der Waals surface area contributed by atoms with E-state index in [1.807, 2.05) is 0 Å². The molecule has 1 saturated heterocycles. The number of nitrogens with two attached hydrogens (primary N) is 1. The molecule has 7 heteroatoms. The van der Waals surface area contributed by atoms with E-state index in [1.54, 1.807) is 0 Å². The summed E-state index contributed by atoms with van der Waals surface area (Å²) in [6, 6.07) is -0.730. The summed E-state index contributed by atoms with van der Waals surface area (Å²) in [5.74, 6) is -1.64. The smallest absolute Gasteiger partial charge is 0.407 e. The fourth-order valence-corrected chi connectivity index (χ4v) is 1.53. The van der Waals surface area contributed by atoms with Gasteiger partial charge in [0, 0.05) is 19.1 Å². The molecule has 2 atom stereocenters. The molecule has 1 aliphatic heterocycles. The predicted octanol–water partition coefficient (Wildman–Crippen LogP) is 0.876. The first-order valence-corrected chi connectivity index (χ1v) is 4.11. The number of likely N-dealkylation sites (tertiary alicyclic amines) is 1. The van der Waals surface area contributed by atoms with Gasteiger partial charge in [-0.25, -0.2) is 4.79 Å². The molecule has 0 saturated carbocycles. The number of carboxylic acid groups (broad SMARTS) is 1. The summed E-state index contributed by atoms with van der Waals surface area (Å²) < 4.78 is 36.8. The zero-order valence-electron chi connectivity index (χ0n) is 7.29. The van der Waals surface area contributed by atoms with Crippen LogP contribution in [0.2, 0.25) is 0 Å². The molecule has 14 heavy (non-hydrogen) atoms. The van der Waals surface area contributed by atoms with Gasteiger partial charge in [0.1, 0.15) is 0 Å². The first kappa shape index (κ1) is 11.1. The van der Waals surface area contributed by atoms with E-state index < -0.39 is 30.8 Å². The number of hydrogen-bond acceptors (Lipinski definition) is 2. The van der Waals surface area contributed by atoms with Crippen LogP contribution in [-0.2, 0) is 0 Å². The lowest BCUT2D eigenvalue weighted by Gasteiger charge is -2.35. The molecule has 1 amide bonds. The number of hydrogen-bond donors (Lipinski definition) is 2. The van der Waals surface area contributed by atoms with Crippen molar-refractivity contribution >= 4 is 6.09 Å². The molecule has 0 aromatic heterocycles. The fraction of sp³-hybridized carbons (Fsp3) is 0.857. The van der Waals surface area contributed by atoms with Gasteiger partial charge < -0.3 is 15.7 Å².